The van der Waals surface area contributed by atoms with Gasteiger partial charge in [-0.05, 0) is 36.1 Å². The minimum atomic E-state index is 1.03. The van der Waals surface area contributed by atoms with Gasteiger partial charge in [0.05, 0.1) is 0 Å². The predicted octanol–water partition coefficient (Wildman–Crippen LogP) is 2.95. The summed E-state index contributed by atoms with van der Waals surface area (Å²) in [5.74, 6) is 0. The minimum Gasteiger partial charge on any atom is -0.294 e. The molecule has 1 aliphatic rings. The molecule has 0 amide bonds. The van der Waals surface area contributed by atoms with E-state index in [1.807, 2.05) is 6.20 Å². The number of nitrogens with zero attached hydrogens (tertiary/aromatic N) is 2. The second kappa shape index (κ2) is 4.91. The van der Waals surface area contributed by atoms with Crippen molar-refractivity contribution in [2.45, 2.75) is 26.4 Å². The van der Waals surface area contributed by atoms with Crippen LogP contribution in [0.1, 0.15) is 22.4 Å². The maximum absolute atomic E-state index is 4.41. The van der Waals surface area contributed by atoms with E-state index in [9.17, 15) is 0 Å². The van der Waals surface area contributed by atoms with Crippen LogP contribution in [0.4, 0.5) is 0 Å². The highest BCUT2D eigenvalue weighted by atomic mass is 15.1. The lowest BCUT2D eigenvalue weighted by molar-refractivity contribution is 0.244. The van der Waals surface area contributed by atoms with E-state index in [1.165, 1.54) is 22.4 Å². The van der Waals surface area contributed by atoms with Gasteiger partial charge in [-0.25, -0.2) is 0 Å². The average molecular weight is 238 g/mol. The average Bonchev–Trinajstić information content (AvgIpc) is 2.41. The second-order valence-electron chi connectivity index (χ2n) is 4.98. The van der Waals surface area contributed by atoms with Gasteiger partial charge in [0.25, 0.3) is 0 Å². The van der Waals surface area contributed by atoms with Crippen molar-refractivity contribution >= 4 is 0 Å². The maximum atomic E-state index is 4.41. The molecule has 2 heterocycles. The van der Waals surface area contributed by atoms with Gasteiger partial charge >= 0.3 is 0 Å². The van der Waals surface area contributed by atoms with E-state index in [0.717, 1.165) is 26.1 Å². The SMILES string of the molecule is Cc1nccc2c1CN(Cc1ccccc1)CC2. The van der Waals surface area contributed by atoms with E-state index in [-0.39, 0.29) is 0 Å². The maximum Gasteiger partial charge on any atom is 0.0420 e. The van der Waals surface area contributed by atoms with Crippen LogP contribution in [0.3, 0.4) is 0 Å². The highest BCUT2D eigenvalue weighted by molar-refractivity contribution is 5.31. The Hall–Kier alpha value is -1.67. The Balaban J connectivity index is 1.77. The number of benzene rings is 1. The van der Waals surface area contributed by atoms with Crippen molar-refractivity contribution in [3.63, 3.8) is 0 Å². The molecule has 0 N–H and O–H groups in total. The number of aromatic nitrogens is 1. The van der Waals surface area contributed by atoms with Gasteiger partial charge in [-0.15, -0.1) is 0 Å². The van der Waals surface area contributed by atoms with Gasteiger partial charge in [-0.3, -0.25) is 9.88 Å². The van der Waals surface area contributed by atoms with Crippen LogP contribution in [0.15, 0.2) is 42.6 Å². The molecule has 0 bridgehead atoms. The summed E-state index contributed by atoms with van der Waals surface area (Å²) in [4.78, 5) is 6.91. The van der Waals surface area contributed by atoms with Crippen LogP contribution in [-0.2, 0) is 19.5 Å². The van der Waals surface area contributed by atoms with Crippen molar-refractivity contribution in [1.29, 1.82) is 0 Å². The molecule has 18 heavy (non-hydrogen) atoms. The summed E-state index contributed by atoms with van der Waals surface area (Å²) in [6, 6.07) is 12.9. The van der Waals surface area contributed by atoms with Gasteiger partial charge in [0, 0.05) is 31.5 Å². The molecule has 2 nitrogen and oxygen atoms in total. The van der Waals surface area contributed by atoms with Crippen molar-refractivity contribution in [3.8, 4) is 0 Å². The van der Waals surface area contributed by atoms with Crippen LogP contribution in [0.5, 0.6) is 0 Å². The first-order chi connectivity index (χ1) is 8.83. The van der Waals surface area contributed by atoms with Crippen LogP contribution >= 0.6 is 0 Å². The molecule has 0 saturated heterocycles. The van der Waals surface area contributed by atoms with Crippen LogP contribution in [0, 0.1) is 6.92 Å². The Morgan fingerprint density at radius 1 is 1.17 bits per heavy atom. The molecular formula is C16H18N2. The topological polar surface area (TPSA) is 16.1 Å². The number of pyridine rings is 1. The molecule has 0 aliphatic carbocycles. The Kier molecular flexibility index (Phi) is 3.11. The number of hydrogen-bond acceptors (Lipinski definition) is 2. The fourth-order valence-corrected chi connectivity index (χ4v) is 2.66. The molecular weight excluding hydrogens is 220 g/mol. The minimum absolute atomic E-state index is 1.03. The third-order valence-corrected chi connectivity index (χ3v) is 3.70. The highest BCUT2D eigenvalue weighted by Gasteiger charge is 2.17. The Morgan fingerprint density at radius 2 is 2.00 bits per heavy atom. The number of rotatable bonds is 2. The van der Waals surface area contributed by atoms with Crippen LogP contribution in [-0.4, -0.2) is 16.4 Å². The van der Waals surface area contributed by atoms with E-state index in [2.05, 4.69) is 53.2 Å². The van der Waals surface area contributed by atoms with E-state index in [4.69, 9.17) is 0 Å². The standard InChI is InChI=1S/C16H18N2/c1-13-16-12-18(10-8-15(16)7-9-17-13)11-14-5-3-2-4-6-14/h2-7,9H,8,10-12H2,1H3. The van der Waals surface area contributed by atoms with Gasteiger partial charge in [0.1, 0.15) is 0 Å². The summed E-state index contributed by atoms with van der Waals surface area (Å²) in [6.07, 6.45) is 3.08. The summed E-state index contributed by atoms with van der Waals surface area (Å²) < 4.78 is 0. The van der Waals surface area contributed by atoms with Gasteiger partial charge in [-0.1, -0.05) is 30.3 Å². The van der Waals surface area contributed by atoms with Gasteiger partial charge in [-0.2, -0.15) is 0 Å². The fraction of sp³-hybridized carbons (Fsp3) is 0.312. The first-order valence-electron chi connectivity index (χ1n) is 6.52. The monoisotopic (exact) mass is 238 g/mol. The molecule has 2 heteroatoms. The predicted molar refractivity (Wildman–Crippen MR) is 73.2 cm³/mol. The zero-order chi connectivity index (χ0) is 12.4. The molecule has 92 valence electrons. The van der Waals surface area contributed by atoms with Crippen molar-refractivity contribution < 1.29 is 0 Å². The molecule has 0 spiro atoms. The van der Waals surface area contributed by atoms with E-state index < -0.39 is 0 Å². The lowest BCUT2D eigenvalue weighted by Gasteiger charge is -2.29. The summed E-state index contributed by atoms with van der Waals surface area (Å²) in [5.41, 5.74) is 5.49. The molecule has 0 unspecified atom stereocenters. The first kappa shape index (κ1) is 11.4. The molecule has 0 atom stereocenters. The lowest BCUT2D eigenvalue weighted by atomic mass is 9.99. The molecule has 1 aliphatic heterocycles. The Morgan fingerprint density at radius 3 is 2.83 bits per heavy atom. The number of aryl methyl sites for hydroxylation is 1. The third-order valence-electron chi connectivity index (χ3n) is 3.70. The summed E-state index contributed by atoms with van der Waals surface area (Å²) in [7, 11) is 0. The van der Waals surface area contributed by atoms with Crippen molar-refractivity contribution in [3.05, 3.63) is 65.0 Å². The fourth-order valence-electron chi connectivity index (χ4n) is 2.66. The summed E-state index contributed by atoms with van der Waals surface area (Å²) in [6.45, 7) is 5.33. The molecule has 0 saturated carbocycles. The first-order valence-corrected chi connectivity index (χ1v) is 6.52. The van der Waals surface area contributed by atoms with Crippen molar-refractivity contribution in [1.82, 2.24) is 9.88 Å². The summed E-state index contributed by atoms with van der Waals surface area (Å²) >= 11 is 0. The lowest BCUT2D eigenvalue weighted by Crippen LogP contribution is -2.30. The van der Waals surface area contributed by atoms with E-state index in [1.54, 1.807) is 0 Å². The van der Waals surface area contributed by atoms with Crippen molar-refractivity contribution in [2.75, 3.05) is 6.54 Å². The van der Waals surface area contributed by atoms with Crippen LogP contribution < -0.4 is 0 Å². The van der Waals surface area contributed by atoms with Gasteiger partial charge in [0.15, 0.2) is 0 Å². The van der Waals surface area contributed by atoms with Gasteiger partial charge in [0.2, 0.25) is 0 Å². The van der Waals surface area contributed by atoms with E-state index in [0.29, 0.717) is 0 Å². The molecule has 1 aromatic carbocycles. The van der Waals surface area contributed by atoms with E-state index >= 15 is 0 Å². The zero-order valence-corrected chi connectivity index (χ0v) is 10.8. The van der Waals surface area contributed by atoms with Crippen molar-refractivity contribution in [2.24, 2.45) is 0 Å². The molecule has 2 aromatic rings. The third kappa shape index (κ3) is 2.29. The molecule has 0 radical (unpaired) electrons. The summed E-state index contributed by atoms with van der Waals surface area (Å²) in [5, 5.41) is 0. The zero-order valence-electron chi connectivity index (χ0n) is 10.8. The molecule has 0 fully saturated rings. The highest BCUT2D eigenvalue weighted by Crippen LogP contribution is 2.21. The normalized spacial score (nSPS) is 15.4. The smallest absolute Gasteiger partial charge is 0.0420 e. The number of fused-ring (bicyclic) bond motifs is 1. The second-order valence-corrected chi connectivity index (χ2v) is 4.98. The Labute approximate surface area is 108 Å². The molecule has 3 rings (SSSR count). The van der Waals surface area contributed by atoms with Crippen LogP contribution in [0.2, 0.25) is 0 Å². The van der Waals surface area contributed by atoms with Gasteiger partial charge < -0.3 is 0 Å². The number of hydrogen-bond donors (Lipinski definition) is 0. The quantitative estimate of drug-likeness (QED) is 0.799. The molecule has 1 aromatic heterocycles. The largest absolute Gasteiger partial charge is 0.294 e. The van der Waals surface area contributed by atoms with Crippen LogP contribution in [0.25, 0.3) is 0 Å². The Bertz CT molecular complexity index is 534.